The van der Waals surface area contributed by atoms with Gasteiger partial charge in [-0.15, -0.1) is 0 Å². The molecule has 2 atom stereocenters. The maximum Gasteiger partial charge on any atom is 0.472 e. The van der Waals surface area contributed by atoms with Gasteiger partial charge in [-0.25, -0.2) is 4.57 Å². The summed E-state index contributed by atoms with van der Waals surface area (Å²) in [7, 11) is -4.40. The maximum atomic E-state index is 12.8. The van der Waals surface area contributed by atoms with E-state index in [1.165, 1.54) is 270 Å². The summed E-state index contributed by atoms with van der Waals surface area (Å²) >= 11 is 0. The highest BCUT2D eigenvalue weighted by Crippen LogP contribution is 2.43. The molecule has 10 heteroatoms. The Balaban J connectivity index is 3.75. The van der Waals surface area contributed by atoms with Gasteiger partial charge in [-0.3, -0.25) is 18.6 Å². The smallest absolute Gasteiger partial charge is 0.462 e. The van der Waals surface area contributed by atoms with Crippen molar-refractivity contribution in [3.05, 3.63) is 97.2 Å². The van der Waals surface area contributed by atoms with E-state index in [0.29, 0.717) is 6.42 Å². The van der Waals surface area contributed by atoms with Crippen molar-refractivity contribution >= 4 is 19.8 Å². The molecule has 0 saturated heterocycles. The lowest BCUT2D eigenvalue weighted by Crippen LogP contribution is -2.29. The Bertz CT molecular complexity index is 1850. The van der Waals surface area contributed by atoms with E-state index in [1.807, 2.05) is 0 Å². The highest BCUT2D eigenvalue weighted by atomic mass is 31.2. The molecule has 9 nitrogen and oxygen atoms in total. The van der Waals surface area contributed by atoms with Crippen molar-refractivity contribution in [2.45, 2.75) is 392 Å². The van der Waals surface area contributed by atoms with Gasteiger partial charge >= 0.3 is 19.8 Å². The van der Waals surface area contributed by atoms with Gasteiger partial charge in [-0.2, -0.15) is 0 Å². The second-order valence-electron chi connectivity index (χ2n) is 26.5. The lowest BCUT2D eigenvalue weighted by atomic mass is 10.0. The molecule has 0 rings (SSSR count). The molecule has 0 bridgehead atoms. The van der Waals surface area contributed by atoms with Crippen molar-refractivity contribution in [1.82, 2.24) is 0 Å². The molecule has 0 aromatic carbocycles. The summed E-state index contributed by atoms with van der Waals surface area (Å²) in [5.41, 5.74) is 5.42. The molecule has 0 fully saturated rings. The Labute approximate surface area is 576 Å². The average Bonchev–Trinajstić information content (AvgIpc) is 3.49. The van der Waals surface area contributed by atoms with E-state index in [0.717, 1.165) is 83.5 Å². The van der Waals surface area contributed by atoms with Gasteiger partial charge < -0.3 is 20.1 Å². The van der Waals surface area contributed by atoms with Crippen LogP contribution in [0.15, 0.2) is 97.2 Å². The quantitative estimate of drug-likeness (QED) is 0.0264. The Morgan fingerprint density at radius 1 is 0.323 bits per heavy atom. The minimum Gasteiger partial charge on any atom is -0.462 e. The van der Waals surface area contributed by atoms with Gasteiger partial charge in [0.25, 0.3) is 0 Å². The molecular formula is C83H150NO8P. The number of unbranched alkanes of at least 4 members (excludes halogenated alkanes) is 46. The lowest BCUT2D eigenvalue weighted by Gasteiger charge is -2.19. The van der Waals surface area contributed by atoms with Crippen LogP contribution in [0.25, 0.3) is 0 Å². The van der Waals surface area contributed by atoms with Crippen LogP contribution < -0.4 is 5.73 Å². The topological polar surface area (TPSA) is 134 Å². The van der Waals surface area contributed by atoms with E-state index in [9.17, 15) is 19.0 Å². The van der Waals surface area contributed by atoms with Gasteiger partial charge in [0.05, 0.1) is 13.2 Å². The fourth-order valence-corrected chi connectivity index (χ4v) is 12.4. The molecule has 0 radical (unpaired) electrons. The number of allylic oxidation sites excluding steroid dienone is 16. The SMILES string of the molecule is CC/C=C\C/C=C\C/C=C\C/C=C\CCCCCCCCCCCCCCCCCCCCCCCCCCCCCCC(=O)OC(COC(=O)CCCCCCCCCCCCCCCCCCCC/C=C\C/C=C\C/C=C\C/C=C\CC)COP(=O)(O)OCCN. The number of esters is 2. The van der Waals surface area contributed by atoms with Crippen LogP contribution in [0.5, 0.6) is 0 Å². The second-order valence-corrected chi connectivity index (χ2v) is 28.0. The second kappa shape index (κ2) is 77.9. The van der Waals surface area contributed by atoms with Crippen LogP contribution in [0.4, 0.5) is 0 Å². The van der Waals surface area contributed by atoms with Crippen molar-refractivity contribution in [3.63, 3.8) is 0 Å². The minimum atomic E-state index is -4.40. The van der Waals surface area contributed by atoms with Crippen LogP contribution in [0.1, 0.15) is 386 Å². The number of rotatable bonds is 75. The summed E-state index contributed by atoms with van der Waals surface area (Å²) in [4.78, 5) is 35.5. The Morgan fingerprint density at radius 3 is 0.828 bits per heavy atom. The molecule has 0 saturated carbocycles. The first-order valence-electron chi connectivity index (χ1n) is 39.7. The summed E-state index contributed by atoms with van der Waals surface area (Å²) in [6, 6.07) is 0. The van der Waals surface area contributed by atoms with Gasteiger partial charge in [0.1, 0.15) is 6.61 Å². The summed E-state index contributed by atoms with van der Waals surface area (Å²) in [6.07, 6.45) is 107. The zero-order valence-corrected chi connectivity index (χ0v) is 61.9. The van der Waals surface area contributed by atoms with Crippen molar-refractivity contribution in [3.8, 4) is 0 Å². The van der Waals surface area contributed by atoms with E-state index in [2.05, 4.69) is 111 Å². The predicted molar refractivity (Wildman–Crippen MR) is 404 cm³/mol. The normalized spacial score (nSPS) is 13.4. The van der Waals surface area contributed by atoms with Crippen LogP contribution in [0, 0.1) is 0 Å². The van der Waals surface area contributed by atoms with Crippen LogP contribution in [0.3, 0.4) is 0 Å². The Kier molecular flexibility index (Phi) is 75.4. The first-order chi connectivity index (χ1) is 45.8. The molecule has 0 aliphatic rings. The highest BCUT2D eigenvalue weighted by molar-refractivity contribution is 7.47. The molecule has 93 heavy (non-hydrogen) atoms. The van der Waals surface area contributed by atoms with E-state index in [4.69, 9.17) is 24.3 Å². The number of hydrogen-bond donors (Lipinski definition) is 2. The highest BCUT2D eigenvalue weighted by Gasteiger charge is 2.26. The third kappa shape index (κ3) is 77.8. The number of nitrogens with two attached hydrogens (primary N) is 1. The van der Waals surface area contributed by atoms with Crippen molar-refractivity contribution in [2.75, 3.05) is 26.4 Å². The lowest BCUT2D eigenvalue weighted by molar-refractivity contribution is -0.161. The van der Waals surface area contributed by atoms with Gasteiger partial charge in [0, 0.05) is 19.4 Å². The third-order valence-electron chi connectivity index (χ3n) is 17.5. The minimum absolute atomic E-state index is 0.0538. The molecule has 0 aliphatic heterocycles. The molecule has 0 spiro atoms. The Morgan fingerprint density at radius 2 is 0.559 bits per heavy atom. The van der Waals surface area contributed by atoms with Crippen molar-refractivity contribution in [2.24, 2.45) is 5.73 Å². The fourth-order valence-electron chi connectivity index (χ4n) is 11.7. The fraction of sp³-hybridized carbons (Fsp3) is 0.783. The molecular weight excluding hydrogens is 1170 g/mol. The van der Waals surface area contributed by atoms with E-state index < -0.39 is 26.5 Å². The average molecular weight is 1320 g/mol. The maximum absolute atomic E-state index is 12.8. The third-order valence-corrected chi connectivity index (χ3v) is 18.4. The van der Waals surface area contributed by atoms with E-state index in [-0.39, 0.29) is 38.6 Å². The predicted octanol–water partition coefficient (Wildman–Crippen LogP) is 26.6. The molecule has 0 aromatic rings. The molecule has 3 N–H and O–H groups in total. The van der Waals surface area contributed by atoms with Crippen LogP contribution >= 0.6 is 7.82 Å². The zero-order chi connectivity index (χ0) is 67.2. The van der Waals surface area contributed by atoms with Gasteiger partial charge in [0.15, 0.2) is 6.10 Å². The summed E-state index contributed by atoms with van der Waals surface area (Å²) in [5, 5.41) is 0. The standard InChI is InChI=1S/C83H150NO8P/c1-3-5-7-9-11-13-15-17-19-21-23-25-27-29-31-33-35-36-37-38-39-40-41-42-43-44-46-48-50-52-54-56-58-60-62-64-66-68-70-72-74-76-83(86)92-81(80-91-93(87,88)90-78-77-84)79-89-82(85)75-73-71-69-67-65-63-61-59-57-55-53-51-49-47-45-34-32-30-28-26-24-22-20-18-16-14-12-10-8-6-4-2/h5-8,11-14,17-20,23-26,81H,3-4,9-10,15-16,21-22,27-80,84H2,1-2H3,(H,87,88)/b7-5-,8-6-,13-11-,14-12-,19-17-,20-18-,25-23-,26-24-. The van der Waals surface area contributed by atoms with Gasteiger partial charge in [-0.05, 0) is 89.9 Å². The largest absolute Gasteiger partial charge is 0.472 e. The van der Waals surface area contributed by atoms with E-state index in [1.54, 1.807) is 0 Å². The monoisotopic (exact) mass is 1320 g/mol. The zero-order valence-electron chi connectivity index (χ0n) is 61.0. The van der Waals surface area contributed by atoms with Crippen molar-refractivity contribution in [1.29, 1.82) is 0 Å². The number of phosphoric ester groups is 1. The number of carbonyl (C=O) groups is 2. The van der Waals surface area contributed by atoms with Gasteiger partial charge in [0.2, 0.25) is 0 Å². The number of phosphoric acid groups is 1. The molecule has 540 valence electrons. The van der Waals surface area contributed by atoms with Crippen LogP contribution in [0.2, 0.25) is 0 Å². The first kappa shape index (κ1) is 89.9. The summed E-state index contributed by atoms with van der Waals surface area (Å²) in [6.45, 7) is 3.58. The molecule has 0 aliphatic carbocycles. The molecule has 0 heterocycles. The molecule has 2 unspecified atom stereocenters. The summed E-state index contributed by atoms with van der Waals surface area (Å²) in [5.74, 6) is -0.808. The first-order valence-corrected chi connectivity index (χ1v) is 41.2. The molecule has 0 aromatic heterocycles. The summed E-state index contributed by atoms with van der Waals surface area (Å²) < 4.78 is 33.3. The van der Waals surface area contributed by atoms with Crippen LogP contribution in [-0.4, -0.2) is 49.3 Å². The number of ether oxygens (including phenoxy) is 2. The van der Waals surface area contributed by atoms with Gasteiger partial charge in [-0.1, -0.05) is 381 Å². The van der Waals surface area contributed by atoms with Crippen LogP contribution in [-0.2, 0) is 32.7 Å². The molecule has 0 amide bonds. The number of hydrogen-bond acceptors (Lipinski definition) is 8. The number of carbonyl (C=O) groups excluding carboxylic acids is 2. The van der Waals surface area contributed by atoms with E-state index >= 15 is 0 Å². The Hall–Kier alpha value is -3.07. The van der Waals surface area contributed by atoms with Crippen molar-refractivity contribution < 1.29 is 37.6 Å².